The fourth-order valence-electron chi connectivity index (χ4n) is 6.02. The molecule has 1 fully saturated rings. The highest BCUT2D eigenvalue weighted by atomic mass is 16.7. The summed E-state index contributed by atoms with van der Waals surface area (Å²) in [5, 5.41) is 37.6. The third-order valence-corrected chi connectivity index (χ3v) is 9.48. The third-order valence-electron chi connectivity index (χ3n) is 9.48. The molecule has 8 atom stereocenters. The molecule has 0 aliphatic carbocycles. The number of carbonyl (C=O) groups excluding carboxylic acids is 5. The lowest BCUT2D eigenvalue weighted by Gasteiger charge is -2.42. The Morgan fingerprint density at radius 2 is 1.28 bits per heavy atom. The molecule has 15 nitrogen and oxygen atoms in total. The number of hydrogen-bond acceptors (Lipinski definition) is 12. The number of hydrogen-bond donors (Lipinski definition) is 6. The SMILES string of the molecule is CC(=O)N[C@H]1[C@H](OCCNC(=O)CCC(=O)N[C@@H](CCC(=O)OCCC(C)CCCC(C)C)C(=O)OCCC(C)CCCC(C)C)O[C@H](CO)[C@H](O)[C@@H]1O. The summed E-state index contributed by atoms with van der Waals surface area (Å²) in [7, 11) is 0. The van der Waals surface area contributed by atoms with Crippen LogP contribution in [0.4, 0.5) is 0 Å². The third kappa shape index (κ3) is 21.9. The lowest BCUT2D eigenvalue weighted by Crippen LogP contribution is -2.64. The predicted octanol–water partition coefficient (Wildman–Crippen LogP) is 2.90. The summed E-state index contributed by atoms with van der Waals surface area (Å²) >= 11 is 0. The Kier molecular flexibility index (Phi) is 25.2. The largest absolute Gasteiger partial charge is 0.466 e. The summed E-state index contributed by atoms with van der Waals surface area (Å²) in [6.07, 6.45) is 2.23. The van der Waals surface area contributed by atoms with Crippen LogP contribution >= 0.6 is 0 Å². The van der Waals surface area contributed by atoms with Gasteiger partial charge in [0.15, 0.2) is 6.29 Å². The first-order chi connectivity index (χ1) is 25.5. The molecule has 0 aromatic carbocycles. The summed E-state index contributed by atoms with van der Waals surface area (Å²) in [5.41, 5.74) is 0. The average molecular weight is 774 g/mol. The maximum atomic E-state index is 13.1. The van der Waals surface area contributed by atoms with E-state index in [1.807, 2.05) is 0 Å². The van der Waals surface area contributed by atoms with Gasteiger partial charge in [-0.05, 0) is 42.9 Å². The van der Waals surface area contributed by atoms with Crippen molar-refractivity contribution in [2.24, 2.45) is 23.7 Å². The van der Waals surface area contributed by atoms with Crippen molar-refractivity contribution in [1.29, 1.82) is 0 Å². The Balaban J connectivity index is 2.62. The minimum absolute atomic E-state index is 0.00753. The summed E-state index contributed by atoms with van der Waals surface area (Å²) < 4.78 is 22.0. The lowest BCUT2D eigenvalue weighted by atomic mass is 9.97. The van der Waals surface area contributed by atoms with Crippen LogP contribution in [0.1, 0.15) is 126 Å². The molecule has 3 amide bonds. The number of aliphatic hydroxyl groups excluding tert-OH is 3. The smallest absolute Gasteiger partial charge is 0.328 e. The van der Waals surface area contributed by atoms with Gasteiger partial charge >= 0.3 is 11.9 Å². The summed E-state index contributed by atoms with van der Waals surface area (Å²) in [4.78, 5) is 62.6. The van der Waals surface area contributed by atoms with Crippen LogP contribution in [-0.4, -0.2) is 115 Å². The molecule has 0 aromatic rings. The normalized spacial score (nSPS) is 21.6. The molecular weight excluding hydrogens is 702 g/mol. The molecule has 54 heavy (non-hydrogen) atoms. The molecule has 1 saturated heterocycles. The van der Waals surface area contributed by atoms with E-state index in [4.69, 9.17) is 18.9 Å². The van der Waals surface area contributed by atoms with E-state index in [2.05, 4.69) is 57.5 Å². The lowest BCUT2D eigenvalue weighted by molar-refractivity contribution is -0.269. The molecule has 0 saturated carbocycles. The van der Waals surface area contributed by atoms with E-state index in [0.717, 1.165) is 44.9 Å². The molecule has 2 unspecified atom stereocenters. The van der Waals surface area contributed by atoms with Gasteiger partial charge in [-0.25, -0.2) is 4.79 Å². The maximum absolute atomic E-state index is 13.1. The van der Waals surface area contributed by atoms with E-state index >= 15 is 0 Å². The van der Waals surface area contributed by atoms with E-state index in [0.29, 0.717) is 30.1 Å². The highest BCUT2D eigenvalue weighted by molar-refractivity contribution is 5.87. The fraction of sp³-hybridized carbons (Fsp3) is 0.872. The Bertz CT molecular complexity index is 1110. The van der Waals surface area contributed by atoms with Crippen LogP contribution in [-0.2, 0) is 42.9 Å². The molecular formula is C39H71N3O12. The number of aliphatic hydroxyl groups is 3. The molecule has 6 N–H and O–H groups in total. The maximum Gasteiger partial charge on any atom is 0.328 e. The zero-order valence-corrected chi connectivity index (χ0v) is 33.8. The number of nitrogens with one attached hydrogen (secondary N) is 3. The first-order valence-corrected chi connectivity index (χ1v) is 19.9. The first kappa shape index (κ1) is 49.2. The highest BCUT2D eigenvalue weighted by Gasteiger charge is 2.45. The summed E-state index contributed by atoms with van der Waals surface area (Å²) in [5.74, 6) is -0.575. The Labute approximate surface area is 322 Å². The quantitative estimate of drug-likeness (QED) is 0.0500. The van der Waals surface area contributed by atoms with Crippen LogP contribution in [0.3, 0.4) is 0 Å². The molecule has 314 valence electrons. The minimum atomic E-state index is -1.47. The van der Waals surface area contributed by atoms with Crippen molar-refractivity contribution in [3.8, 4) is 0 Å². The van der Waals surface area contributed by atoms with Crippen molar-refractivity contribution in [3.63, 3.8) is 0 Å². The predicted molar refractivity (Wildman–Crippen MR) is 202 cm³/mol. The van der Waals surface area contributed by atoms with Crippen molar-refractivity contribution >= 4 is 29.7 Å². The van der Waals surface area contributed by atoms with Crippen molar-refractivity contribution in [3.05, 3.63) is 0 Å². The number of amides is 3. The van der Waals surface area contributed by atoms with Gasteiger partial charge < -0.3 is 50.2 Å². The van der Waals surface area contributed by atoms with Crippen molar-refractivity contribution in [2.75, 3.05) is 33.0 Å². The summed E-state index contributed by atoms with van der Waals surface area (Å²) in [6.45, 7) is 14.0. The van der Waals surface area contributed by atoms with Crippen molar-refractivity contribution in [2.45, 2.75) is 162 Å². The number of carbonyl (C=O) groups is 5. The van der Waals surface area contributed by atoms with Gasteiger partial charge in [-0.1, -0.05) is 80.1 Å². The number of ether oxygens (including phenoxy) is 4. The van der Waals surface area contributed by atoms with Gasteiger partial charge in [-0.2, -0.15) is 0 Å². The van der Waals surface area contributed by atoms with Crippen molar-refractivity contribution < 1.29 is 58.2 Å². The zero-order chi connectivity index (χ0) is 40.6. The second kappa shape index (κ2) is 27.7. The van der Waals surface area contributed by atoms with E-state index in [-0.39, 0.29) is 52.0 Å². The van der Waals surface area contributed by atoms with Gasteiger partial charge in [0.1, 0.15) is 30.4 Å². The molecule has 15 heteroatoms. The Morgan fingerprint density at radius 3 is 1.83 bits per heavy atom. The molecule has 1 rings (SSSR count). The van der Waals surface area contributed by atoms with Crippen LogP contribution < -0.4 is 16.0 Å². The van der Waals surface area contributed by atoms with Crippen LogP contribution in [0, 0.1) is 23.7 Å². The van der Waals surface area contributed by atoms with E-state index in [1.165, 1.54) is 6.92 Å². The highest BCUT2D eigenvalue weighted by Crippen LogP contribution is 2.22. The van der Waals surface area contributed by atoms with Crippen molar-refractivity contribution in [1.82, 2.24) is 16.0 Å². The van der Waals surface area contributed by atoms with E-state index < -0.39 is 73.0 Å². The fourth-order valence-corrected chi connectivity index (χ4v) is 6.02. The second-order valence-corrected chi connectivity index (χ2v) is 15.6. The average Bonchev–Trinajstić information content (AvgIpc) is 3.09. The number of rotatable bonds is 28. The molecule has 0 aromatic heterocycles. The van der Waals surface area contributed by atoms with E-state index in [9.17, 15) is 39.3 Å². The zero-order valence-electron chi connectivity index (χ0n) is 33.8. The van der Waals surface area contributed by atoms with Crippen LogP contribution in [0.15, 0.2) is 0 Å². The molecule has 1 aliphatic rings. The number of esters is 2. The molecule has 0 bridgehead atoms. The molecule has 1 aliphatic heterocycles. The van der Waals surface area contributed by atoms with Crippen LogP contribution in [0.25, 0.3) is 0 Å². The Morgan fingerprint density at radius 1 is 0.704 bits per heavy atom. The monoisotopic (exact) mass is 774 g/mol. The van der Waals surface area contributed by atoms with Gasteiger partial charge in [0.05, 0.1) is 26.4 Å². The molecule has 0 spiro atoms. The molecule has 0 radical (unpaired) electrons. The summed E-state index contributed by atoms with van der Waals surface area (Å²) in [6, 6.07) is -2.20. The van der Waals surface area contributed by atoms with Crippen LogP contribution in [0.2, 0.25) is 0 Å². The van der Waals surface area contributed by atoms with Gasteiger partial charge in [0.2, 0.25) is 17.7 Å². The second-order valence-electron chi connectivity index (χ2n) is 15.6. The topological polar surface area (TPSA) is 219 Å². The minimum Gasteiger partial charge on any atom is -0.466 e. The first-order valence-electron chi connectivity index (χ1n) is 19.9. The Hall–Kier alpha value is -2.85. The standard InChI is InChI=1S/C39H71N3O12/c1-25(2)10-8-12-27(5)18-21-51-34(47)17-14-30(38(50)52-22-19-28(6)13-9-11-26(3)4)42-33(46)16-15-32(45)40-20-23-53-39-35(41-29(7)44)37(49)36(48)31(24-43)54-39/h25-28,30-31,35-37,39,43,48-49H,8-24H2,1-7H3,(H,40,45)(H,41,44)(H,42,46)/t27?,28?,30-,31+,35+,36-,37+,39+/m0/s1. The molecule has 1 heterocycles. The van der Waals surface area contributed by atoms with Crippen LogP contribution in [0.5, 0.6) is 0 Å². The van der Waals surface area contributed by atoms with Gasteiger partial charge in [-0.15, -0.1) is 0 Å². The van der Waals surface area contributed by atoms with Gasteiger partial charge in [-0.3, -0.25) is 19.2 Å². The van der Waals surface area contributed by atoms with Gasteiger partial charge in [0, 0.05) is 32.7 Å². The van der Waals surface area contributed by atoms with E-state index in [1.54, 1.807) is 0 Å². The van der Waals surface area contributed by atoms with Gasteiger partial charge in [0.25, 0.3) is 0 Å².